The Morgan fingerprint density at radius 3 is 1.51 bits per heavy atom. The Morgan fingerprint density at radius 1 is 0.385 bits per heavy atom. The summed E-state index contributed by atoms with van der Waals surface area (Å²) >= 11 is 0. The average molecular weight is 886 g/mol. The van der Waals surface area contributed by atoms with Crippen LogP contribution in [0.3, 0.4) is 0 Å². The molecular weight excluding hydrogens is 801 g/mol. The standard InChI is InChI=1S/C62H52N2Si/c1-61(2)37-38-62(3,4)56-42-50(32-34-55(56)61)65(47-23-10-6-11-24-47,48-25-12-7-13-26-48)49-33-36-60-54(41-49)52-28-15-17-30-58(52)64(60)46-31-35-59-53(40-46)51-27-14-16-29-57(51)63(59)45-22-18-21-44(39-45)43-19-8-5-9-20-43/h5-36,39-42H,37-38H2,1-4H3/i5D,6D,7D,8D,9D,10D,11D,12D,13D,14D,15D,16D,17D,18D,19D,20D,21D,22D,23D,24D,25D,26D,27D,28D,29D,30D,31D,33D,35D,36D,39D,40D,41D. The Balaban J connectivity index is 1.35. The molecule has 0 aliphatic heterocycles. The molecule has 2 aromatic heterocycles. The van der Waals surface area contributed by atoms with Gasteiger partial charge in [0.25, 0.3) is 0 Å². The van der Waals surface area contributed by atoms with Gasteiger partial charge in [0.2, 0.25) is 0 Å². The van der Waals surface area contributed by atoms with Gasteiger partial charge in [0.05, 0.1) is 67.3 Å². The Kier molecular flexibility index (Phi) is 4.14. The van der Waals surface area contributed by atoms with E-state index in [0.29, 0.717) is 27.5 Å². The van der Waals surface area contributed by atoms with Gasteiger partial charge >= 0.3 is 0 Å². The van der Waals surface area contributed by atoms with Gasteiger partial charge in [-0.2, -0.15) is 0 Å². The summed E-state index contributed by atoms with van der Waals surface area (Å²) in [6.07, 6.45) is 1.17. The van der Waals surface area contributed by atoms with Crippen LogP contribution in [0.25, 0.3) is 66.1 Å². The lowest BCUT2D eigenvalue weighted by Crippen LogP contribution is -2.74. The Morgan fingerprint density at radius 2 is 0.877 bits per heavy atom. The van der Waals surface area contributed by atoms with Gasteiger partial charge in [0.15, 0.2) is 8.07 Å². The van der Waals surface area contributed by atoms with E-state index < -0.39 is 300 Å². The van der Waals surface area contributed by atoms with E-state index in [1.165, 1.54) is 6.07 Å². The predicted molar refractivity (Wildman–Crippen MR) is 279 cm³/mol. The maximum Gasteiger partial charge on any atom is 0.179 e. The number of aromatic nitrogens is 2. The maximum atomic E-state index is 10.9. The highest BCUT2D eigenvalue weighted by Gasteiger charge is 2.44. The van der Waals surface area contributed by atoms with Crippen molar-refractivity contribution in [2.75, 3.05) is 0 Å². The van der Waals surface area contributed by atoms with Crippen molar-refractivity contribution >= 4 is 72.4 Å². The molecule has 0 saturated carbocycles. The van der Waals surface area contributed by atoms with Crippen molar-refractivity contribution in [3.8, 4) is 22.5 Å². The minimum absolute atomic E-state index is 0.125. The number of hydrogen-bond acceptors (Lipinski definition) is 0. The maximum absolute atomic E-state index is 10.9. The summed E-state index contributed by atoms with van der Waals surface area (Å²) < 4.78 is 312. The van der Waals surface area contributed by atoms with E-state index in [-0.39, 0.29) is 5.19 Å². The minimum atomic E-state index is -5.85. The van der Waals surface area contributed by atoms with Gasteiger partial charge in [-0.25, -0.2) is 0 Å². The first kappa shape index (κ1) is 18.0. The van der Waals surface area contributed by atoms with E-state index in [4.69, 9.17) is 17.8 Å². The highest BCUT2D eigenvalue weighted by atomic mass is 28.3. The number of rotatable bonds is 7. The molecule has 0 atom stereocenters. The zero-order chi connectivity index (χ0) is 72.6. The van der Waals surface area contributed by atoms with Gasteiger partial charge in [0, 0.05) is 32.9 Å². The molecule has 2 nitrogen and oxygen atoms in total. The molecule has 0 bridgehead atoms. The summed E-state index contributed by atoms with van der Waals surface area (Å²) in [6.45, 7) is 7.76. The fourth-order valence-corrected chi connectivity index (χ4v) is 13.1. The first-order chi connectivity index (χ1) is 45.5. The van der Waals surface area contributed by atoms with Crippen LogP contribution in [-0.4, -0.2) is 17.2 Å². The second kappa shape index (κ2) is 14.9. The molecular formula is C62H52N2Si. The number of nitrogens with zero attached hydrogens (tertiary/aromatic N) is 2. The lowest BCUT2D eigenvalue weighted by atomic mass is 9.63. The third kappa shape index (κ3) is 6.13. The third-order valence-electron chi connectivity index (χ3n) is 12.5. The van der Waals surface area contributed by atoms with Crippen molar-refractivity contribution in [3.63, 3.8) is 0 Å². The average Bonchev–Trinajstić information content (AvgIpc) is 1.29. The van der Waals surface area contributed by atoms with Crippen molar-refractivity contribution in [2.45, 2.75) is 51.4 Å². The zero-order valence-electron chi connectivity index (χ0n) is 68.0. The third-order valence-corrected chi connectivity index (χ3v) is 16.7. The van der Waals surface area contributed by atoms with Crippen LogP contribution in [0.4, 0.5) is 0 Å². The molecule has 0 N–H and O–H groups in total. The van der Waals surface area contributed by atoms with Crippen molar-refractivity contribution in [2.24, 2.45) is 0 Å². The Hall–Kier alpha value is -7.20. The van der Waals surface area contributed by atoms with Crippen molar-refractivity contribution in [1.29, 1.82) is 0 Å². The van der Waals surface area contributed by atoms with Gasteiger partial charge in [-0.15, -0.1) is 0 Å². The fourth-order valence-electron chi connectivity index (χ4n) is 9.22. The molecule has 0 radical (unpaired) electrons. The van der Waals surface area contributed by atoms with E-state index in [1.54, 1.807) is 12.1 Å². The van der Waals surface area contributed by atoms with Crippen molar-refractivity contribution in [1.82, 2.24) is 9.13 Å². The van der Waals surface area contributed by atoms with E-state index in [9.17, 15) is 27.4 Å². The molecule has 3 heteroatoms. The summed E-state index contributed by atoms with van der Waals surface area (Å²) in [4.78, 5) is 0. The first-order valence-electron chi connectivity index (χ1n) is 37.0. The minimum Gasteiger partial charge on any atom is -0.309 e. The Labute approximate surface area is 429 Å². The number of benzene rings is 9. The van der Waals surface area contributed by atoms with Gasteiger partial charge in [-0.05, 0) is 115 Å². The molecule has 0 spiro atoms. The summed E-state index contributed by atoms with van der Waals surface area (Å²) in [5.74, 6) is 0. The second-order valence-corrected chi connectivity index (χ2v) is 20.6. The monoisotopic (exact) mass is 886 g/mol. The highest BCUT2D eigenvalue weighted by molar-refractivity contribution is 7.20. The molecule has 314 valence electrons. The molecule has 0 fully saturated rings. The first-order valence-corrected chi connectivity index (χ1v) is 22.5. The number of fused-ring (bicyclic) bond motifs is 7. The number of para-hydroxylation sites is 2. The van der Waals surface area contributed by atoms with E-state index in [0.717, 1.165) is 5.56 Å². The van der Waals surface area contributed by atoms with Crippen LogP contribution in [0.1, 0.15) is 96.9 Å². The molecule has 11 aromatic rings. The van der Waals surface area contributed by atoms with Crippen LogP contribution in [0, 0.1) is 0 Å². The van der Waals surface area contributed by atoms with Crippen LogP contribution >= 0.6 is 0 Å². The molecule has 65 heavy (non-hydrogen) atoms. The molecule has 12 rings (SSSR count). The van der Waals surface area contributed by atoms with Gasteiger partial charge in [-0.3, -0.25) is 0 Å². The molecule has 0 saturated heterocycles. The van der Waals surface area contributed by atoms with Crippen LogP contribution in [0.5, 0.6) is 0 Å². The van der Waals surface area contributed by atoms with Crippen LogP contribution in [0.2, 0.25) is 0 Å². The van der Waals surface area contributed by atoms with E-state index in [2.05, 4.69) is 0 Å². The highest BCUT2D eigenvalue weighted by Crippen LogP contribution is 2.46. The largest absolute Gasteiger partial charge is 0.309 e. The van der Waals surface area contributed by atoms with Crippen LogP contribution < -0.4 is 20.7 Å². The molecule has 1 aliphatic carbocycles. The SMILES string of the molecule is [2H]c1c([2H])c([2H])c(-c2c([2H])c([2H])c([2H])c(-n3c4c([2H])c([2H])c([2H])c([2H])c4c4c([2H])c(-n5c6c([2H])c([2H])c([2H])c([2H])c6c6c([2H])c([Si](c7ccc8c(c7)C(C)(C)CCC8(C)C)(c7c([2H])c([2H])c([2H])c([2H])c7[2H])c7c([2H])c([2H])c([2H])c([2H])c7[2H])c([2H])c([2H])c65)c([2H])c([2H])c43)c2[2H])c([2H])c1[2H]. The lowest BCUT2D eigenvalue weighted by Gasteiger charge is -2.43. The van der Waals surface area contributed by atoms with Crippen molar-refractivity contribution < 1.29 is 45.2 Å². The molecule has 0 amide bonds. The molecule has 2 heterocycles. The van der Waals surface area contributed by atoms with Crippen LogP contribution in [0.15, 0.2) is 218 Å². The quantitative estimate of drug-likeness (QED) is 0.111. The van der Waals surface area contributed by atoms with Crippen LogP contribution in [-0.2, 0) is 10.8 Å². The van der Waals surface area contributed by atoms with Gasteiger partial charge in [-0.1, -0.05) is 197 Å². The summed E-state index contributed by atoms with van der Waals surface area (Å²) in [7, 11) is -5.85. The number of hydrogen-bond donors (Lipinski definition) is 0. The summed E-state index contributed by atoms with van der Waals surface area (Å²) in [5.41, 5.74) is -6.65. The fraction of sp³-hybridized carbons (Fsp3) is 0.129. The second-order valence-electron chi connectivity index (χ2n) is 17.0. The molecule has 0 unspecified atom stereocenters. The van der Waals surface area contributed by atoms with Gasteiger partial charge in [0.1, 0.15) is 0 Å². The summed E-state index contributed by atoms with van der Waals surface area (Å²) in [6, 6.07) is -28.7. The topological polar surface area (TPSA) is 9.86 Å². The Bertz CT molecular complexity index is 5420. The zero-order valence-corrected chi connectivity index (χ0v) is 36.0. The summed E-state index contributed by atoms with van der Waals surface area (Å²) in [5, 5.41) is -5.33. The van der Waals surface area contributed by atoms with Gasteiger partial charge < -0.3 is 9.13 Å². The smallest absolute Gasteiger partial charge is 0.179 e. The predicted octanol–water partition coefficient (Wildman–Crippen LogP) is 13.3. The van der Waals surface area contributed by atoms with Crippen molar-refractivity contribution in [3.05, 3.63) is 229 Å². The van der Waals surface area contributed by atoms with E-state index in [1.807, 2.05) is 27.7 Å². The lowest BCUT2D eigenvalue weighted by molar-refractivity contribution is 0.332. The molecule has 9 aromatic carbocycles. The molecule has 1 aliphatic rings. The normalized spacial score (nSPS) is 21.7. The van der Waals surface area contributed by atoms with E-state index >= 15 is 0 Å².